The van der Waals surface area contributed by atoms with Crippen molar-refractivity contribution in [1.29, 1.82) is 0 Å². The Morgan fingerprint density at radius 3 is 2.65 bits per heavy atom. The molecule has 1 aromatic carbocycles. The molecule has 148 valence electrons. The number of aliphatic imine (C=N–C) groups is 1. The van der Waals surface area contributed by atoms with E-state index in [1.807, 2.05) is 6.92 Å². The van der Waals surface area contributed by atoms with E-state index in [1.54, 1.807) is 14.1 Å². The molecule has 9 heteroatoms. The summed E-state index contributed by atoms with van der Waals surface area (Å²) >= 11 is 0. The summed E-state index contributed by atoms with van der Waals surface area (Å²) in [4.78, 5) is 17.4. The second-order valence-corrected chi connectivity index (χ2v) is 5.52. The fourth-order valence-corrected chi connectivity index (χ4v) is 1.85. The largest absolute Gasteiger partial charge is 0.382 e. The maximum Gasteiger partial charge on any atom is 0.241 e. The smallest absolute Gasteiger partial charge is 0.241 e. The Morgan fingerprint density at radius 2 is 2.00 bits per heavy atom. The molecular formula is C17H27F2IN4O2. The molecule has 1 rings (SSSR count). The molecule has 0 spiro atoms. The predicted octanol–water partition coefficient (Wildman–Crippen LogP) is 2.13. The predicted molar refractivity (Wildman–Crippen MR) is 109 cm³/mol. The van der Waals surface area contributed by atoms with Gasteiger partial charge in [0.25, 0.3) is 0 Å². The van der Waals surface area contributed by atoms with Crippen LogP contribution in [0.5, 0.6) is 0 Å². The first kappa shape index (κ1) is 24.5. The standard InChI is InChI=1S/C17H26F2N4O2.HI/c1-4-25-9-5-8-20-17(22-12-16(24)23(2)3)21-11-13-10-14(18)6-7-15(13)19;/h6-7,10H,4-5,8-9,11-12H2,1-3H3,(H2,20,21,22);1H. The zero-order valence-electron chi connectivity index (χ0n) is 15.3. The number of rotatable bonds is 9. The van der Waals surface area contributed by atoms with Gasteiger partial charge in [-0.15, -0.1) is 24.0 Å². The highest BCUT2D eigenvalue weighted by Crippen LogP contribution is 2.10. The number of nitrogens with one attached hydrogen (secondary N) is 2. The average molecular weight is 484 g/mol. The minimum atomic E-state index is -0.523. The first-order valence-electron chi connectivity index (χ1n) is 8.18. The Balaban J connectivity index is 0.00000625. The third kappa shape index (κ3) is 9.85. The lowest BCUT2D eigenvalue weighted by atomic mass is 10.2. The summed E-state index contributed by atoms with van der Waals surface area (Å²) in [6.45, 7) is 3.76. The van der Waals surface area contributed by atoms with E-state index in [0.717, 1.165) is 24.6 Å². The number of likely N-dealkylation sites (N-methyl/N-ethyl adjacent to an activating group) is 1. The average Bonchev–Trinajstić information content (AvgIpc) is 2.58. The highest BCUT2D eigenvalue weighted by atomic mass is 127. The Hall–Kier alpha value is -1.49. The summed E-state index contributed by atoms with van der Waals surface area (Å²) in [6, 6.07) is 3.23. The molecule has 2 N–H and O–H groups in total. The molecule has 0 fully saturated rings. The van der Waals surface area contributed by atoms with Gasteiger partial charge >= 0.3 is 0 Å². The van der Waals surface area contributed by atoms with Crippen molar-refractivity contribution in [3.05, 3.63) is 35.4 Å². The number of hydrogen-bond donors (Lipinski definition) is 2. The Morgan fingerprint density at radius 1 is 1.27 bits per heavy atom. The van der Waals surface area contributed by atoms with E-state index >= 15 is 0 Å². The van der Waals surface area contributed by atoms with Crippen LogP contribution in [-0.4, -0.2) is 57.2 Å². The molecule has 0 saturated carbocycles. The van der Waals surface area contributed by atoms with Crippen LogP contribution in [0.4, 0.5) is 8.78 Å². The van der Waals surface area contributed by atoms with E-state index in [2.05, 4.69) is 15.6 Å². The van der Waals surface area contributed by atoms with E-state index in [-0.39, 0.29) is 48.5 Å². The van der Waals surface area contributed by atoms with Gasteiger partial charge in [0.2, 0.25) is 5.91 Å². The van der Waals surface area contributed by atoms with Crippen molar-refractivity contribution in [2.24, 2.45) is 4.99 Å². The molecular weight excluding hydrogens is 457 g/mol. The number of guanidine groups is 1. The van der Waals surface area contributed by atoms with Gasteiger partial charge in [0, 0.05) is 39.4 Å². The van der Waals surface area contributed by atoms with Crippen molar-refractivity contribution >= 4 is 35.8 Å². The molecule has 6 nitrogen and oxygen atoms in total. The highest BCUT2D eigenvalue weighted by molar-refractivity contribution is 14.0. The lowest BCUT2D eigenvalue weighted by molar-refractivity contribution is -0.127. The molecule has 26 heavy (non-hydrogen) atoms. The van der Waals surface area contributed by atoms with Crippen LogP contribution in [0.1, 0.15) is 18.9 Å². The molecule has 0 aromatic heterocycles. The van der Waals surface area contributed by atoms with Crippen LogP contribution in [0.25, 0.3) is 0 Å². The number of hydrogen-bond acceptors (Lipinski definition) is 3. The van der Waals surface area contributed by atoms with Crippen LogP contribution < -0.4 is 10.6 Å². The number of amides is 1. The number of carbonyl (C=O) groups excluding carboxylic acids is 1. The van der Waals surface area contributed by atoms with Gasteiger partial charge in [0.05, 0.1) is 13.1 Å². The molecule has 1 amide bonds. The molecule has 0 aliphatic heterocycles. The Bertz CT molecular complexity index is 586. The van der Waals surface area contributed by atoms with Gasteiger partial charge in [-0.1, -0.05) is 0 Å². The molecule has 0 saturated heterocycles. The number of ether oxygens (including phenoxy) is 1. The quantitative estimate of drug-likeness (QED) is 0.244. The maximum absolute atomic E-state index is 13.7. The summed E-state index contributed by atoms with van der Waals surface area (Å²) in [5, 5.41) is 5.94. The number of halogens is 3. The SMILES string of the molecule is CCOCCCNC(=NCc1cc(F)ccc1F)NCC(=O)N(C)C.I. The van der Waals surface area contributed by atoms with Gasteiger partial charge in [-0.05, 0) is 31.5 Å². The van der Waals surface area contributed by atoms with Crippen molar-refractivity contribution in [2.45, 2.75) is 19.9 Å². The number of benzene rings is 1. The highest BCUT2D eigenvalue weighted by Gasteiger charge is 2.07. The summed E-state index contributed by atoms with van der Waals surface area (Å²) in [5.74, 6) is -0.810. The van der Waals surface area contributed by atoms with Crippen molar-refractivity contribution < 1.29 is 18.3 Å². The third-order valence-corrected chi connectivity index (χ3v) is 3.28. The third-order valence-electron chi connectivity index (χ3n) is 3.28. The topological polar surface area (TPSA) is 66.0 Å². The van der Waals surface area contributed by atoms with Crippen LogP contribution in [-0.2, 0) is 16.1 Å². The van der Waals surface area contributed by atoms with Crippen molar-refractivity contribution in [1.82, 2.24) is 15.5 Å². The molecule has 0 aliphatic carbocycles. The van der Waals surface area contributed by atoms with Gasteiger partial charge in [-0.2, -0.15) is 0 Å². The van der Waals surface area contributed by atoms with Gasteiger partial charge in [0.1, 0.15) is 11.6 Å². The monoisotopic (exact) mass is 484 g/mol. The second kappa shape index (κ2) is 13.7. The van der Waals surface area contributed by atoms with Gasteiger partial charge in [-0.25, -0.2) is 13.8 Å². The Labute approximate surface area is 170 Å². The fraction of sp³-hybridized carbons (Fsp3) is 0.529. The number of nitrogens with zero attached hydrogens (tertiary/aromatic N) is 2. The maximum atomic E-state index is 13.7. The van der Waals surface area contributed by atoms with E-state index in [4.69, 9.17) is 4.74 Å². The normalized spacial score (nSPS) is 10.9. The summed E-state index contributed by atoms with van der Waals surface area (Å²) in [6.07, 6.45) is 0.754. The fourth-order valence-electron chi connectivity index (χ4n) is 1.85. The molecule has 0 aliphatic rings. The van der Waals surface area contributed by atoms with Gasteiger partial charge in [-0.3, -0.25) is 4.79 Å². The Kier molecular flexibility index (Phi) is 12.9. The minimum absolute atomic E-state index is 0. The lowest BCUT2D eigenvalue weighted by Gasteiger charge is -2.15. The zero-order chi connectivity index (χ0) is 18.7. The molecule has 0 radical (unpaired) electrons. The number of carbonyl (C=O) groups is 1. The van der Waals surface area contributed by atoms with Crippen LogP contribution in [0.2, 0.25) is 0 Å². The van der Waals surface area contributed by atoms with E-state index in [1.165, 1.54) is 4.90 Å². The van der Waals surface area contributed by atoms with E-state index in [0.29, 0.717) is 25.7 Å². The van der Waals surface area contributed by atoms with Crippen LogP contribution in [0.15, 0.2) is 23.2 Å². The summed E-state index contributed by atoms with van der Waals surface area (Å²) in [7, 11) is 3.30. The van der Waals surface area contributed by atoms with Crippen molar-refractivity contribution in [3.63, 3.8) is 0 Å². The van der Waals surface area contributed by atoms with Gasteiger partial charge < -0.3 is 20.3 Å². The van der Waals surface area contributed by atoms with E-state index < -0.39 is 11.6 Å². The minimum Gasteiger partial charge on any atom is -0.382 e. The molecule has 0 unspecified atom stereocenters. The summed E-state index contributed by atoms with van der Waals surface area (Å²) < 4.78 is 32.2. The van der Waals surface area contributed by atoms with Crippen LogP contribution in [0, 0.1) is 11.6 Å². The molecule has 0 atom stereocenters. The van der Waals surface area contributed by atoms with Crippen molar-refractivity contribution in [3.8, 4) is 0 Å². The van der Waals surface area contributed by atoms with Gasteiger partial charge in [0.15, 0.2) is 5.96 Å². The first-order valence-corrected chi connectivity index (χ1v) is 8.18. The van der Waals surface area contributed by atoms with Crippen LogP contribution in [0.3, 0.4) is 0 Å². The summed E-state index contributed by atoms with van der Waals surface area (Å²) in [5.41, 5.74) is 0.148. The molecule has 0 bridgehead atoms. The molecule has 0 heterocycles. The van der Waals surface area contributed by atoms with Crippen molar-refractivity contribution in [2.75, 3.05) is 40.4 Å². The first-order chi connectivity index (χ1) is 11.9. The van der Waals surface area contributed by atoms with Crippen LogP contribution >= 0.6 is 24.0 Å². The lowest BCUT2D eigenvalue weighted by Crippen LogP contribution is -2.43. The molecule has 1 aromatic rings. The van der Waals surface area contributed by atoms with E-state index in [9.17, 15) is 13.6 Å². The zero-order valence-corrected chi connectivity index (χ0v) is 17.7. The second-order valence-electron chi connectivity index (χ2n) is 5.52.